The average molecular weight is 395 g/mol. The Morgan fingerprint density at radius 2 is 1.69 bits per heavy atom. The van der Waals surface area contributed by atoms with E-state index >= 15 is 0 Å². The second-order valence-corrected chi connectivity index (χ2v) is 6.81. The zero-order chi connectivity index (χ0) is 21.0. The predicted molar refractivity (Wildman–Crippen MR) is 106 cm³/mol. The number of rotatable bonds is 5. The van der Waals surface area contributed by atoms with Crippen molar-refractivity contribution in [3.05, 3.63) is 59.2 Å². The van der Waals surface area contributed by atoms with E-state index in [2.05, 4.69) is 10.7 Å². The van der Waals surface area contributed by atoms with Crippen LogP contribution in [0.3, 0.4) is 0 Å². The first-order valence-corrected chi connectivity index (χ1v) is 9.09. The summed E-state index contributed by atoms with van der Waals surface area (Å²) in [5.74, 6) is -1.59. The summed E-state index contributed by atoms with van der Waals surface area (Å²) in [6, 6.07) is 11.6. The highest BCUT2D eigenvalue weighted by Gasteiger charge is 2.24. The van der Waals surface area contributed by atoms with Gasteiger partial charge in [0.25, 0.3) is 5.91 Å². The molecule has 0 spiro atoms. The molecule has 3 rings (SSSR count). The van der Waals surface area contributed by atoms with Gasteiger partial charge in [0.2, 0.25) is 11.8 Å². The van der Waals surface area contributed by atoms with Crippen LogP contribution in [0.15, 0.2) is 42.5 Å². The summed E-state index contributed by atoms with van der Waals surface area (Å²) in [6.45, 7) is 3.43. The highest BCUT2D eigenvalue weighted by Crippen LogP contribution is 2.18. The quantitative estimate of drug-likeness (QED) is 0.756. The molecule has 0 saturated carbocycles. The van der Waals surface area contributed by atoms with Crippen molar-refractivity contribution in [2.75, 3.05) is 16.9 Å². The Bertz CT molecular complexity index is 949. The molecule has 0 atom stereocenters. The topological polar surface area (TPSA) is 105 Å². The number of benzene rings is 2. The molecule has 1 aliphatic rings. The van der Waals surface area contributed by atoms with Gasteiger partial charge in [-0.2, -0.15) is 0 Å². The van der Waals surface area contributed by atoms with Gasteiger partial charge in [-0.25, -0.2) is 9.80 Å². The van der Waals surface area contributed by atoms with Crippen molar-refractivity contribution in [3.8, 4) is 0 Å². The van der Waals surface area contributed by atoms with Crippen LogP contribution < -0.4 is 15.8 Å². The van der Waals surface area contributed by atoms with E-state index in [9.17, 15) is 19.2 Å². The lowest BCUT2D eigenvalue weighted by atomic mass is 10.1. The smallest absolute Gasteiger partial charge is 0.338 e. The molecule has 150 valence electrons. The molecule has 8 heteroatoms. The minimum atomic E-state index is -0.666. The molecule has 0 bridgehead atoms. The maximum atomic E-state index is 12.2. The van der Waals surface area contributed by atoms with E-state index in [0.29, 0.717) is 11.4 Å². The molecule has 0 aromatic heterocycles. The maximum Gasteiger partial charge on any atom is 0.338 e. The number of ether oxygens (including phenoxy) is 1. The molecule has 1 fully saturated rings. The monoisotopic (exact) mass is 395 g/mol. The maximum absolute atomic E-state index is 12.2. The third kappa shape index (κ3) is 5.19. The lowest BCUT2D eigenvalue weighted by Crippen LogP contribution is -2.50. The molecule has 1 heterocycles. The van der Waals surface area contributed by atoms with Gasteiger partial charge in [0.05, 0.1) is 11.3 Å². The van der Waals surface area contributed by atoms with E-state index in [-0.39, 0.29) is 30.2 Å². The third-order valence-corrected chi connectivity index (χ3v) is 4.25. The molecule has 3 amide bonds. The molecule has 2 aromatic rings. The lowest BCUT2D eigenvalue weighted by molar-refractivity contribution is -0.130. The second kappa shape index (κ2) is 8.55. The van der Waals surface area contributed by atoms with Crippen molar-refractivity contribution in [1.29, 1.82) is 0 Å². The van der Waals surface area contributed by atoms with Gasteiger partial charge >= 0.3 is 5.97 Å². The number of nitrogens with zero attached hydrogens (tertiary/aromatic N) is 1. The van der Waals surface area contributed by atoms with Crippen LogP contribution in [-0.2, 0) is 19.1 Å². The number of amides is 3. The third-order valence-electron chi connectivity index (χ3n) is 4.25. The van der Waals surface area contributed by atoms with E-state index in [4.69, 9.17) is 4.74 Å². The summed E-state index contributed by atoms with van der Waals surface area (Å²) in [6.07, 6.45) is 0.287. The molecule has 1 aliphatic heterocycles. The summed E-state index contributed by atoms with van der Waals surface area (Å²) >= 11 is 0. The van der Waals surface area contributed by atoms with Gasteiger partial charge in [0.1, 0.15) is 0 Å². The summed E-state index contributed by atoms with van der Waals surface area (Å²) in [7, 11) is 0. The molecule has 2 aromatic carbocycles. The van der Waals surface area contributed by atoms with E-state index in [1.165, 1.54) is 24.3 Å². The van der Waals surface area contributed by atoms with Gasteiger partial charge in [0, 0.05) is 18.5 Å². The summed E-state index contributed by atoms with van der Waals surface area (Å²) in [5.41, 5.74) is 5.81. The first kappa shape index (κ1) is 20.1. The van der Waals surface area contributed by atoms with Crippen LogP contribution in [0, 0.1) is 13.8 Å². The van der Waals surface area contributed by atoms with Crippen molar-refractivity contribution in [1.82, 2.24) is 5.43 Å². The minimum absolute atomic E-state index is 0.130. The zero-order valence-corrected chi connectivity index (χ0v) is 16.2. The van der Waals surface area contributed by atoms with Gasteiger partial charge in [-0.3, -0.25) is 19.8 Å². The number of hydrogen-bond donors (Lipinski definition) is 2. The van der Waals surface area contributed by atoms with Crippen LogP contribution in [-0.4, -0.2) is 30.3 Å². The Morgan fingerprint density at radius 1 is 1.03 bits per heavy atom. The molecular formula is C21H21N3O5. The number of hydrogen-bond acceptors (Lipinski definition) is 5. The Morgan fingerprint density at radius 3 is 2.34 bits per heavy atom. The molecule has 0 aliphatic carbocycles. The standard InChI is InChI=1S/C21H21N3O5/c1-13-9-14(2)11-16(10-13)22-19(26)12-29-21(28)15-3-5-17(6-4-15)24-20(27)8-7-18(25)23-24/h3-6,9-11H,7-8,12H2,1-2H3,(H,22,26)(H,23,25). The van der Waals surface area contributed by atoms with Gasteiger partial charge in [-0.05, 0) is 61.4 Å². The first-order chi connectivity index (χ1) is 13.8. The number of nitrogens with one attached hydrogen (secondary N) is 2. The zero-order valence-electron chi connectivity index (χ0n) is 16.2. The highest BCUT2D eigenvalue weighted by molar-refractivity contribution is 6.01. The van der Waals surface area contributed by atoms with Crippen LogP contribution in [0.2, 0.25) is 0 Å². The molecule has 8 nitrogen and oxygen atoms in total. The SMILES string of the molecule is Cc1cc(C)cc(NC(=O)COC(=O)c2ccc(N3NC(=O)CCC3=O)cc2)c1. The fourth-order valence-corrected chi connectivity index (χ4v) is 2.99. The highest BCUT2D eigenvalue weighted by atomic mass is 16.5. The van der Waals surface area contributed by atoms with Crippen LogP contribution >= 0.6 is 0 Å². The van der Waals surface area contributed by atoms with E-state index in [1.54, 1.807) is 0 Å². The van der Waals surface area contributed by atoms with Crippen LogP contribution in [0.5, 0.6) is 0 Å². The van der Waals surface area contributed by atoms with Gasteiger partial charge < -0.3 is 10.1 Å². The Balaban J connectivity index is 1.56. The van der Waals surface area contributed by atoms with Gasteiger partial charge in [0.15, 0.2) is 6.61 Å². The van der Waals surface area contributed by atoms with Crippen molar-refractivity contribution < 1.29 is 23.9 Å². The molecule has 2 N–H and O–H groups in total. The minimum Gasteiger partial charge on any atom is -0.452 e. The molecular weight excluding hydrogens is 374 g/mol. The van der Waals surface area contributed by atoms with E-state index in [1.807, 2.05) is 32.0 Å². The second-order valence-electron chi connectivity index (χ2n) is 6.81. The first-order valence-electron chi connectivity index (χ1n) is 9.09. The van der Waals surface area contributed by atoms with Crippen LogP contribution in [0.25, 0.3) is 0 Å². The Kier molecular flexibility index (Phi) is 5.92. The Labute approximate surface area is 167 Å². The fourth-order valence-electron chi connectivity index (χ4n) is 2.99. The number of anilines is 2. The predicted octanol–water partition coefficient (Wildman–Crippen LogP) is 2.26. The van der Waals surface area contributed by atoms with Crippen LogP contribution in [0.4, 0.5) is 11.4 Å². The normalized spacial score (nSPS) is 13.7. The number of aryl methyl sites for hydroxylation is 2. The van der Waals surface area contributed by atoms with Gasteiger partial charge in [-0.15, -0.1) is 0 Å². The number of esters is 1. The molecule has 0 unspecified atom stereocenters. The Hall–Kier alpha value is -3.68. The van der Waals surface area contributed by atoms with Crippen molar-refractivity contribution in [2.45, 2.75) is 26.7 Å². The fraction of sp³-hybridized carbons (Fsp3) is 0.238. The van der Waals surface area contributed by atoms with Crippen molar-refractivity contribution >= 4 is 35.1 Å². The van der Waals surface area contributed by atoms with E-state index < -0.39 is 18.5 Å². The molecule has 29 heavy (non-hydrogen) atoms. The lowest BCUT2D eigenvalue weighted by Gasteiger charge is -2.27. The van der Waals surface area contributed by atoms with Crippen molar-refractivity contribution in [3.63, 3.8) is 0 Å². The molecule has 1 saturated heterocycles. The number of carbonyl (C=O) groups excluding carboxylic acids is 4. The van der Waals surface area contributed by atoms with Crippen LogP contribution in [0.1, 0.15) is 34.3 Å². The van der Waals surface area contributed by atoms with Gasteiger partial charge in [-0.1, -0.05) is 6.07 Å². The largest absolute Gasteiger partial charge is 0.452 e. The van der Waals surface area contributed by atoms with E-state index in [0.717, 1.165) is 16.1 Å². The summed E-state index contributed by atoms with van der Waals surface area (Å²) in [5, 5.41) is 3.84. The summed E-state index contributed by atoms with van der Waals surface area (Å²) in [4.78, 5) is 47.6. The molecule has 0 radical (unpaired) electrons. The number of hydrazine groups is 1. The van der Waals surface area contributed by atoms with Crippen molar-refractivity contribution in [2.24, 2.45) is 0 Å². The summed E-state index contributed by atoms with van der Waals surface area (Å²) < 4.78 is 5.04. The average Bonchev–Trinajstić information content (AvgIpc) is 2.67. The number of carbonyl (C=O) groups is 4.